The largest absolute Gasteiger partial charge is 0.323 e. The zero-order chi connectivity index (χ0) is 10.7. The summed E-state index contributed by atoms with van der Waals surface area (Å²) in [6.07, 6.45) is 0.428. The number of aryl methyl sites for hydroxylation is 2. The monoisotopic (exact) mass is 194 g/mol. The van der Waals surface area contributed by atoms with Crippen molar-refractivity contribution in [3.63, 3.8) is 0 Å². The summed E-state index contributed by atoms with van der Waals surface area (Å²) in [6, 6.07) is 3.03. The number of nitrogens with one attached hydrogen (secondary N) is 1. The average Bonchev–Trinajstić information content (AvgIpc) is 2.11. The standard InChI is InChI=1S/C9H10N2O3/c1-6-3-8(10-5-12)9(11(13)14)4-7(6)2/h3-5H,1-2H3,(H,10,12). The molecule has 74 valence electrons. The quantitative estimate of drug-likeness (QED) is 0.453. The summed E-state index contributed by atoms with van der Waals surface area (Å²) in [6.45, 7) is 3.61. The van der Waals surface area contributed by atoms with Gasteiger partial charge in [-0.2, -0.15) is 0 Å². The van der Waals surface area contributed by atoms with Crippen LogP contribution >= 0.6 is 0 Å². The SMILES string of the molecule is Cc1cc(NC=O)c([N+](=O)[O-])cc1C. The summed E-state index contributed by atoms with van der Waals surface area (Å²) in [4.78, 5) is 20.3. The second-order valence-corrected chi connectivity index (χ2v) is 2.97. The number of anilines is 1. The first-order valence-electron chi connectivity index (χ1n) is 4.02. The van der Waals surface area contributed by atoms with E-state index >= 15 is 0 Å². The number of carbonyl (C=O) groups excluding carboxylic acids is 1. The number of nitro benzene ring substituents is 1. The van der Waals surface area contributed by atoms with E-state index in [4.69, 9.17) is 0 Å². The fourth-order valence-corrected chi connectivity index (χ4v) is 1.13. The Labute approximate surface area is 80.9 Å². The van der Waals surface area contributed by atoms with Crippen molar-refractivity contribution >= 4 is 17.8 Å². The lowest BCUT2D eigenvalue weighted by atomic mass is 10.1. The van der Waals surface area contributed by atoms with E-state index in [1.54, 1.807) is 13.0 Å². The third kappa shape index (κ3) is 1.87. The molecule has 14 heavy (non-hydrogen) atoms. The van der Waals surface area contributed by atoms with Crippen LogP contribution in [0.25, 0.3) is 0 Å². The summed E-state index contributed by atoms with van der Waals surface area (Å²) in [5, 5.41) is 12.9. The molecule has 0 fully saturated rings. The van der Waals surface area contributed by atoms with Gasteiger partial charge in [-0.1, -0.05) is 0 Å². The van der Waals surface area contributed by atoms with E-state index in [0.717, 1.165) is 11.1 Å². The minimum Gasteiger partial charge on any atom is -0.323 e. The number of nitro groups is 1. The number of benzene rings is 1. The number of nitrogens with zero attached hydrogens (tertiary/aromatic N) is 1. The maximum atomic E-state index is 10.6. The first-order chi connectivity index (χ1) is 6.56. The fourth-order valence-electron chi connectivity index (χ4n) is 1.13. The van der Waals surface area contributed by atoms with E-state index in [2.05, 4.69) is 5.32 Å². The van der Waals surface area contributed by atoms with Crippen LogP contribution in [0.3, 0.4) is 0 Å². The van der Waals surface area contributed by atoms with Crippen LogP contribution in [0, 0.1) is 24.0 Å². The molecule has 0 saturated heterocycles. The van der Waals surface area contributed by atoms with Crippen molar-refractivity contribution in [1.29, 1.82) is 0 Å². The van der Waals surface area contributed by atoms with Gasteiger partial charge in [0.1, 0.15) is 5.69 Å². The van der Waals surface area contributed by atoms with Crippen LogP contribution < -0.4 is 5.32 Å². The number of hydrogen-bond donors (Lipinski definition) is 1. The van der Waals surface area contributed by atoms with Crippen LogP contribution in [0.1, 0.15) is 11.1 Å². The fraction of sp³-hybridized carbons (Fsp3) is 0.222. The lowest BCUT2D eigenvalue weighted by Crippen LogP contribution is -2.00. The molecule has 0 aliphatic rings. The number of carbonyl (C=O) groups is 1. The molecule has 1 amide bonds. The molecule has 1 aromatic rings. The molecule has 0 spiro atoms. The van der Waals surface area contributed by atoms with E-state index in [-0.39, 0.29) is 11.4 Å². The van der Waals surface area contributed by atoms with Gasteiger partial charge in [-0.15, -0.1) is 0 Å². The summed E-state index contributed by atoms with van der Waals surface area (Å²) in [5.74, 6) is 0. The highest BCUT2D eigenvalue weighted by Crippen LogP contribution is 2.27. The van der Waals surface area contributed by atoms with Gasteiger partial charge >= 0.3 is 0 Å². The Hall–Kier alpha value is -1.91. The van der Waals surface area contributed by atoms with Crippen molar-refractivity contribution in [3.05, 3.63) is 33.4 Å². The Balaban J connectivity index is 3.30. The van der Waals surface area contributed by atoms with E-state index < -0.39 is 4.92 Å². The lowest BCUT2D eigenvalue weighted by molar-refractivity contribution is -0.384. The highest BCUT2D eigenvalue weighted by molar-refractivity contribution is 5.78. The average molecular weight is 194 g/mol. The van der Waals surface area contributed by atoms with Gasteiger partial charge in [-0.3, -0.25) is 14.9 Å². The molecule has 1 rings (SSSR count). The molecule has 1 N–H and O–H groups in total. The molecule has 0 saturated carbocycles. The van der Waals surface area contributed by atoms with Crippen LogP contribution in [-0.2, 0) is 4.79 Å². The van der Waals surface area contributed by atoms with Gasteiger partial charge in [-0.25, -0.2) is 0 Å². The molecule has 0 radical (unpaired) electrons. The molecular weight excluding hydrogens is 184 g/mol. The van der Waals surface area contributed by atoms with Crippen molar-refractivity contribution < 1.29 is 9.72 Å². The Kier molecular flexibility index (Phi) is 2.81. The molecule has 0 unspecified atom stereocenters. The maximum Gasteiger partial charge on any atom is 0.293 e. The molecule has 1 aromatic carbocycles. The predicted molar refractivity (Wildman–Crippen MR) is 52.3 cm³/mol. The molecular formula is C9H10N2O3. The molecule has 5 nitrogen and oxygen atoms in total. The molecule has 5 heteroatoms. The summed E-state index contributed by atoms with van der Waals surface area (Å²) in [5.41, 5.74) is 1.88. The molecule has 0 aliphatic heterocycles. The predicted octanol–water partition coefficient (Wildman–Crippen LogP) is 1.78. The minimum absolute atomic E-state index is 0.0831. The smallest absolute Gasteiger partial charge is 0.293 e. The first kappa shape index (κ1) is 10.2. The molecule has 0 aliphatic carbocycles. The summed E-state index contributed by atoms with van der Waals surface area (Å²) >= 11 is 0. The molecule has 0 atom stereocenters. The van der Waals surface area contributed by atoms with Crippen LogP contribution in [-0.4, -0.2) is 11.3 Å². The van der Waals surface area contributed by atoms with Crippen molar-refractivity contribution in [3.8, 4) is 0 Å². The van der Waals surface area contributed by atoms with E-state index in [1.807, 2.05) is 6.92 Å². The van der Waals surface area contributed by atoms with Gasteiger partial charge in [0.2, 0.25) is 6.41 Å². The highest BCUT2D eigenvalue weighted by atomic mass is 16.6. The Bertz CT molecular complexity index is 388. The van der Waals surface area contributed by atoms with Crippen LogP contribution in [0.4, 0.5) is 11.4 Å². The maximum absolute atomic E-state index is 10.6. The Morgan fingerprint density at radius 2 is 1.93 bits per heavy atom. The third-order valence-corrected chi connectivity index (χ3v) is 2.02. The van der Waals surface area contributed by atoms with Gasteiger partial charge in [0.15, 0.2) is 0 Å². The van der Waals surface area contributed by atoms with Crippen LogP contribution in [0.2, 0.25) is 0 Å². The van der Waals surface area contributed by atoms with Gasteiger partial charge < -0.3 is 5.32 Å². The first-order valence-corrected chi connectivity index (χ1v) is 4.02. The van der Waals surface area contributed by atoms with E-state index in [9.17, 15) is 14.9 Å². The lowest BCUT2D eigenvalue weighted by Gasteiger charge is -2.04. The van der Waals surface area contributed by atoms with Gasteiger partial charge in [-0.05, 0) is 31.0 Å². The van der Waals surface area contributed by atoms with Crippen molar-refractivity contribution in [2.45, 2.75) is 13.8 Å². The highest BCUT2D eigenvalue weighted by Gasteiger charge is 2.14. The molecule has 0 aromatic heterocycles. The summed E-state index contributed by atoms with van der Waals surface area (Å²) < 4.78 is 0. The topological polar surface area (TPSA) is 72.2 Å². The number of hydrogen-bond acceptors (Lipinski definition) is 3. The summed E-state index contributed by atoms with van der Waals surface area (Å²) in [7, 11) is 0. The van der Waals surface area contributed by atoms with Crippen LogP contribution in [0.15, 0.2) is 12.1 Å². The van der Waals surface area contributed by atoms with Crippen molar-refractivity contribution in [1.82, 2.24) is 0 Å². The molecule has 0 bridgehead atoms. The zero-order valence-electron chi connectivity index (χ0n) is 7.90. The number of rotatable bonds is 3. The van der Waals surface area contributed by atoms with Gasteiger partial charge in [0.05, 0.1) is 4.92 Å². The van der Waals surface area contributed by atoms with E-state index in [0.29, 0.717) is 6.41 Å². The third-order valence-electron chi connectivity index (χ3n) is 2.02. The zero-order valence-corrected chi connectivity index (χ0v) is 7.90. The minimum atomic E-state index is -0.516. The van der Waals surface area contributed by atoms with Crippen molar-refractivity contribution in [2.24, 2.45) is 0 Å². The second-order valence-electron chi connectivity index (χ2n) is 2.97. The van der Waals surface area contributed by atoms with Gasteiger partial charge in [0, 0.05) is 6.07 Å². The number of amides is 1. The molecule has 0 heterocycles. The Morgan fingerprint density at radius 3 is 2.43 bits per heavy atom. The normalized spacial score (nSPS) is 9.57. The van der Waals surface area contributed by atoms with Crippen molar-refractivity contribution in [2.75, 3.05) is 5.32 Å². The van der Waals surface area contributed by atoms with Gasteiger partial charge in [0.25, 0.3) is 5.69 Å². The van der Waals surface area contributed by atoms with Crippen LogP contribution in [0.5, 0.6) is 0 Å². The van der Waals surface area contributed by atoms with E-state index in [1.165, 1.54) is 6.07 Å². The second kappa shape index (κ2) is 3.87. The Morgan fingerprint density at radius 1 is 1.36 bits per heavy atom.